The van der Waals surface area contributed by atoms with Crippen molar-refractivity contribution in [2.75, 3.05) is 18.4 Å². The summed E-state index contributed by atoms with van der Waals surface area (Å²) in [5.41, 5.74) is 0.913. The van der Waals surface area contributed by atoms with E-state index >= 15 is 0 Å². The molecule has 0 atom stereocenters. The van der Waals surface area contributed by atoms with Gasteiger partial charge in [-0.25, -0.2) is 4.79 Å². The van der Waals surface area contributed by atoms with Crippen molar-refractivity contribution in [2.45, 2.75) is 39.0 Å². The molecular formula is C23H25ClN2O6. The lowest BCUT2D eigenvalue weighted by atomic mass is 10.1. The molecule has 2 aromatic rings. The highest BCUT2D eigenvalue weighted by molar-refractivity contribution is 6.37. The first kappa shape index (κ1) is 23.4. The summed E-state index contributed by atoms with van der Waals surface area (Å²) in [6, 6.07) is 7.30. The molecule has 1 saturated heterocycles. The number of amides is 2. The van der Waals surface area contributed by atoms with E-state index in [-0.39, 0.29) is 33.7 Å². The third-order valence-electron chi connectivity index (χ3n) is 5.24. The highest BCUT2D eigenvalue weighted by Crippen LogP contribution is 2.37. The molecule has 0 bridgehead atoms. The number of anilines is 1. The lowest BCUT2D eigenvalue weighted by molar-refractivity contribution is -0.147. The maximum Gasteiger partial charge on any atom is 0.394 e. The van der Waals surface area contributed by atoms with Crippen LogP contribution in [-0.4, -0.2) is 46.0 Å². The lowest BCUT2D eigenvalue weighted by Gasteiger charge is -2.25. The Morgan fingerprint density at radius 3 is 2.31 bits per heavy atom. The van der Waals surface area contributed by atoms with E-state index in [1.807, 2.05) is 0 Å². The number of nitrogens with zero attached hydrogens (tertiary/aromatic N) is 1. The van der Waals surface area contributed by atoms with Crippen molar-refractivity contribution in [3.05, 3.63) is 46.5 Å². The Morgan fingerprint density at radius 2 is 1.69 bits per heavy atom. The van der Waals surface area contributed by atoms with Gasteiger partial charge in [0.1, 0.15) is 17.2 Å². The number of phenolic OH excluding ortho intramolecular Hbond substituents is 1. The van der Waals surface area contributed by atoms with Crippen LogP contribution in [0.4, 0.5) is 5.69 Å². The van der Waals surface area contributed by atoms with Crippen molar-refractivity contribution in [3.8, 4) is 17.2 Å². The molecule has 1 aliphatic rings. The first-order valence-electron chi connectivity index (χ1n) is 10.4. The maximum absolute atomic E-state index is 13.0. The van der Waals surface area contributed by atoms with Crippen LogP contribution in [0.2, 0.25) is 5.02 Å². The van der Waals surface area contributed by atoms with Crippen LogP contribution in [0.3, 0.4) is 0 Å². The summed E-state index contributed by atoms with van der Waals surface area (Å²) in [4.78, 5) is 36.9. The molecule has 1 fully saturated rings. The van der Waals surface area contributed by atoms with Gasteiger partial charge in [0.2, 0.25) is 0 Å². The number of aryl methyl sites for hydroxylation is 1. The summed E-state index contributed by atoms with van der Waals surface area (Å²) in [6.07, 6.45) is 5.21. The number of carbonyl (C=O) groups is 3. The van der Waals surface area contributed by atoms with Crippen LogP contribution >= 0.6 is 11.6 Å². The van der Waals surface area contributed by atoms with E-state index in [1.165, 1.54) is 36.8 Å². The fourth-order valence-electron chi connectivity index (χ4n) is 3.61. The summed E-state index contributed by atoms with van der Waals surface area (Å²) >= 11 is 6.29. The molecule has 2 amide bonds. The van der Waals surface area contributed by atoms with Gasteiger partial charge in [-0.2, -0.15) is 0 Å². The number of hydrogen-bond donors (Lipinski definition) is 3. The van der Waals surface area contributed by atoms with E-state index < -0.39 is 11.9 Å². The number of ether oxygens (including phenoxy) is 1. The van der Waals surface area contributed by atoms with E-state index in [9.17, 15) is 19.5 Å². The van der Waals surface area contributed by atoms with Gasteiger partial charge < -0.3 is 25.2 Å². The largest absolute Gasteiger partial charge is 0.507 e. The molecule has 8 nitrogen and oxygen atoms in total. The smallest absolute Gasteiger partial charge is 0.394 e. The fourth-order valence-corrected chi connectivity index (χ4v) is 3.91. The van der Waals surface area contributed by atoms with Gasteiger partial charge in [-0.15, -0.1) is 0 Å². The number of nitrogens with one attached hydrogen (secondary N) is 1. The van der Waals surface area contributed by atoms with Crippen molar-refractivity contribution in [3.63, 3.8) is 0 Å². The van der Waals surface area contributed by atoms with E-state index in [2.05, 4.69) is 5.32 Å². The van der Waals surface area contributed by atoms with Crippen molar-refractivity contribution in [1.82, 2.24) is 4.90 Å². The minimum Gasteiger partial charge on any atom is -0.507 e. The molecule has 32 heavy (non-hydrogen) atoms. The normalized spacial score (nSPS) is 14.2. The summed E-state index contributed by atoms with van der Waals surface area (Å²) in [5.74, 6) is -2.57. The number of likely N-dealkylation sites (tertiary alicyclic amines) is 1. The first-order chi connectivity index (χ1) is 15.3. The molecule has 3 rings (SSSR count). The van der Waals surface area contributed by atoms with Crippen molar-refractivity contribution >= 4 is 35.1 Å². The molecule has 1 heterocycles. The Bertz CT molecular complexity index is 1010. The number of phenols is 1. The zero-order chi connectivity index (χ0) is 23.3. The Kier molecular flexibility index (Phi) is 7.58. The molecule has 0 aromatic heterocycles. The van der Waals surface area contributed by atoms with Crippen LogP contribution in [0.5, 0.6) is 17.2 Å². The number of carbonyl (C=O) groups excluding carboxylic acids is 2. The Labute approximate surface area is 190 Å². The predicted molar refractivity (Wildman–Crippen MR) is 120 cm³/mol. The predicted octanol–water partition coefficient (Wildman–Crippen LogP) is 4.58. The molecule has 1 aliphatic heterocycles. The molecule has 0 aliphatic carbocycles. The Balaban J connectivity index is 1.81. The van der Waals surface area contributed by atoms with Gasteiger partial charge in [-0.1, -0.05) is 30.9 Å². The van der Waals surface area contributed by atoms with Gasteiger partial charge in [0.25, 0.3) is 5.91 Å². The number of carboxylic acids is 1. The highest BCUT2D eigenvalue weighted by Gasteiger charge is 2.21. The van der Waals surface area contributed by atoms with Crippen LogP contribution in [-0.2, 0) is 9.59 Å². The monoisotopic (exact) mass is 460 g/mol. The summed E-state index contributed by atoms with van der Waals surface area (Å²) < 4.78 is 5.88. The number of halogens is 1. The zero-order valence-electron chi connectivity index (χ0n) is 17.7. The second kappa shape index (κ2) is 10.4. The molecule has 9 heteroatoms. The molecule has 0 unspecified atom stereocenters. The van der Waals surface area contributed by atoms with E-state index in [0.29, 0.717) is 24.4 Å². The van der Waals surface area contributed by atoms with Crippen molar-refractivity contribution < 1.29 is 29.3 Å². The molecule has 0 saturated carbocycles. The van der Waals surface area contributed by atoms with Gasteiger partial charge in [-0.3, -0.25) is 9.59 Å². The topological polar surface area (TPSA) is 116 Å². The third-order valence-corrected chi connectivity index (χ3v) is 5.52. The van der Waals surface area contributed by atoms with Gasteiger partial charge in [0, 0.05) is 18.8 Å². The molecule has 2 aromatic carbocycles. The second-order valence-electron chi connectivity index (χ2n) is 7.70. The third kappa shape index (κ3) is 5.70. The highest BCUT2D eigenvalue weighted by atomic mass is 35.5. The number of aromatic hydroxyl groups is 1. The van der Waals surface area contributed by atoms with Crippen LogP contribution in [0, 0.1) is 6.92 Å². The van der Waals surface area contributed by atoms with Crippen LogP contribution in [0.15, 0.2) is 30.3 Å². The molecule has 170 valence electrons. The van der Waals surface area contributed by atoms with Crippen molar-refractivity contribution in [1.29, 1.82) is 0 Å². The molecule has 0 spiro atoms. The lowest BCUT2D eigenvalue weighted by Crippen LogP contribution is -2.33. The average Bonchev–Trinajstić information content (AvgIpc) is 2.71. The van der Waals surface area contributed by atoms with E-state index in [4.69, 9.17) is 21.4 Å². The van der Waals surface area contributed by atoms with Gasteiger partial charge in [-0.05, 0) is 55.7 Å². The van der Waals surface area contributed by atoms with E-state index in [1.54, 1.807) is 11.8 Å². The van der Waals surface area contributed by atoms with Crippen LogP contribution in [0.25, 0.3) is 0 Å². The summed E-state index contributed by atoms with van der Waals surface area (Å²) in [5, 5.41) is 21.4. The average molecular weight is 461 g/mol. The van der Waals surface area contributed by atoms with Gasteiger partial charge >= 0.3 is 11.9 Å². The number of rotatable bonds is 4. The van der Waals surface area contributed by atoms with Gasteiger partial charge in [0.15, 0.2) is 0 Å². The first-order valence-corrected chi connectivity index (χ1v) is 10.8. The Hall–Kier alpha value is -3.26. The molecular weight excluding hydrogens is 436 g/mol. The van der Waals surface area contributed by atoms with Gasteiger partial charge in [0.05, 0.1) is 10.6 Å². The standard InChI is InChI=1S/C23H25ClN2O6/c1-14-11-15(25-21(28)23(30)31)12-18(24)20(14)32-16-7-8-19(27)17(13-16)22(29)26-9-5-3-2-4-6-10-26/h7-8,11-13,27H,2-6,9-10H2,1H3,(H,25,28)(H,30,31). The zero-order valence-corrected chi connectivity index (χ0v) is 18.4. The van der Waals surface area contributed by atoms with Crippen LogP contribution < -0.4 is 10.1 Å². The fraction of sp³-hybridized carbons (Fsp3) is 0.348. The number of benzene rings is 2. The minimum atomic E-state index is -1.61. The second-order valence-corrected chi connectivity index (χ2v) is 8.11. The maximum atomic E-state index is 13.0. The van der Waals surface area contributed by atoms with Crippen molar-refractivity contribution in [2.24, 2.45) is 0 Å². The summed E-state index contributed by atoms with van der Waals surface area (Å²) in [7, 11) is 0. The minimum absolute atomic E-state index is 0.126. The number of aliphatic carboxylic acids is 1. The Morgan fingerprint density at radius 1 is 1.03 bits per heavy atom. The van der Waals surface area contributed by atoms with Crippen LogP contribution in [0.1, 0.15) is 48.0 Å². The number of carboxylic acid groups (broad SMARTS) is 1. The van der Waals surface area contributed by atoms with E-state index in [0.717, 1.165) is 25.7 Å². The quantitative estimate of drug-likeness (QED) is 0.575. The SMILES string of the molecule is Cc1cc(NC(=O)C(=O)O)cc(Cl)c1Oc1ccc(O)c(C(=O)N2CCCCCCC2)c1. The summed E-state index contributed by atoms with van der Waals surface area (Å²) in [6.45, 7) is 2.99. The molecule has 3 N–H and O–H groups in total. The number of hydrogen-bond acceptors (Lipinski definition) is 5. The molecule has 0 radical (unpaired) electrons.